The molecule has 1 heterocycles. The van der Waals surface area contributed by atoms with Crippen LogP contribution >= 0.6 is 11.8 Å². The summed E-state index contributed by atoms with van der Waals surface area (Å²) in [7, 11) is 0. The highest BCUT2D eigenvalue weighted by molar-refractivity contribution is 8.18. The Bertz CT molecular complexity index is 1400. The van der Waals surface area contributed by atoms with Crippen LogP contribution in [0, 0.1) is 17.0 Å². The summed E-state index contributed by atoms with van der Waals surface area (Å²) in [6.07, 6.45) is -3.35. The minimum absolute atomic E-state index is 0.0610. The van der Waals surface area contributed by atoms with Crippen molar-refractivity contribution in [1.29, 1.82) is 0 Å². The number of carbonyl (C=O) groups excluding carboxylic acids is 2. The van der Waals surface area contributed by atoms with Crippen molar-refractivity contribution in [2.45, 2.75) is 19.6 Å². The molecule has 0 atom stereocenters. The summed E-state index contributed by atoms with van der Waals surface area (Å²) in [5, 5.41) is 10.9. The summed E-state index contributed by atoms with van der Waals surface area (Å²) < 4.78 is 44.6. The smallest absolute Gasteiger partial charge is 0.416 e. The first kappa shape index (κ1) is 25.0. The minimum atomic E-state index is -4.76. The number of ether oxygens (including phenoxy) is 1. The van der Waals surface area contributed by atoms with E-state index < -0.39 is 39.2 Å². The largest absolute Gasteiger partial charge is 0.449 e. The van der Waals surface area contributed by atoms with Gasteiger partial charge in [0, 0.05) is 11.6 Å². The molecular formula is C25H17F3N2O5S. The Balaban J connectivity index is 1.62. The van der Waals surface area contributed by atoms with Crippen molar-refractivity contribution in [2.24, 2.45) is 0 Å². The van der Waals surface area contributed by atoms with Crippen LogP contribution in [0.5, 0.6) is 11.5 Å². The second kappa shape index (κ2) is 9.86. The molecular weight excluding hydrogens is 497 g/mol. The molecule has 36 heavy (non-hydrogen) atoms. The van der Waals surface area contributed by atoms with Gasteiger partial charge < -0.3 is 4.74 Å². The Morgan fingerprint density at radius 3 is 2.47 bits per heavy atom. The van der Waals surface area contributed by atoms with E-state index in [-0.39, 0.29) is 17.2 Å². The van der Waals surface area contributed by atoms with Gasteiger partial charge in [-0.1, -0.05) is 48.0 Å². The topological polar surface area (TPSA) is 89.8 Å². The molecule has 1 aliphatic rings. The van der Waals surface area contributed by atoms with E-state index in [1.165, 1.54) is 12.1 Å². The van der Waals surface area contributed by atoms with E-state index in [4.69, 9.17) is 4.74 Å². The summed E-state index contributed by atoms with van der Waals surface area (Å²) in [6, 6.07) is 15.5. The molecule has 0 aromatic heterocycles. The van der Waals surface area contributed by atoms with Crippen molar-refractivity contribution in [2.75, 3.05) is 0 Å². The van der Waals surface area contributed by atoms with Gasteiger partial charge in [-0.3, -0.25) is 24.6 Å². The Kier molecular flexibility index (Phi) is 6.84. The number of aryl methyl sites for hydroxylation is 1. The van der Waals surface area contributed by atoms with E-state index in [1.54, 1.807) is 24.3 Å². The molecule has 7 nitrogen and oxygen atoms in total. The number of imide groups is 1. The predicted octanol–water partition coefficient (Wildman–Crippen LogP) is 6.95. The summed E-state index contributed by atoms with van der Waals surface area (Å²) in [5.74, 6) is -0.853. The Morgan fingerprint density at radius 1 is 1.03 bits per heavy atom. The van der Waals surface area contributed by atoms with E-state index in [9.17, 15) is 32.9 Å². The highest BCUT2D eigenvalue weighted by Crippen LogP contribution is 2.40. The molecule has 0 saturated carbocycles. The highest BCUT2D eigenvalue weighted by Gasteiger charge is 2.36. The van der Waals surface area contributed by atoms with Gasteiger partial charge in [0.2, 0.25) is 5.75 Å². The number of nitro benzene ring substituents is 1. The van der Waals surface area contributed by atoms with Gasteiger partial charge in [0.25, 0.3) is 11.1 Å². The summed E-state index contributed by atoms with van der Waals surface area (Å²) in [6.45, 7) is 1.99. The molecule has 3 aromatic rings. The van der Waals surface area contributed by atoms with Crippen LogP contribution in [-0.2, 0) is 17.5 Å². The first-order valence-electron chi connectivity index (χ1n) is 10.5. The number of para-hydroxylation sites is 1. The molecule has 184 valence electrons. The van der Waals surface area contributed by atoms with E-state index in [0.29, 0.717) is 17.7 Å². The first-order valence-corrected chi connectivity index (χ1v) is 11.3. The first-order chi connectivity index (χ1) is 17.0. The number of benzene rings is 3. The van der Waals surface area contributed by atoms with Crippen molar-refractivity contribution in [3.63, 3.8) is 0 Å². The molecule has 3 aromatic carbocycles. The molecule has 0 N–H and O–H groups in total. The second-order valence-electron chi connectivity index (χ2n) is 7.83. The zero-order chi connectivity index (χ0) is 26.0. The lowest BCUT2D eigenvalue weighted by atomic mass is 10.1. The lowest BCUT2D eigenvalue weighted by molar-refractivity contribution is -0.385. The number of nitro groups is 1. The highest BCUT2D eigenvalue weighted by atomic mass is 32.2. The zero-order valence-electron chi connectivity index (χ0n) is 18.6. The predicted molar refractivity (Wildman–Crippen MR) is 127 cm³/mol. The number of hydrogen-bond donors (Lipinski definition) is 0. The van der Waals surface area contributed by atoms with Gasteiger partial charge >= 0.3 is 11.9 Å². The normalized spacial score (nSPS) is 15.0. The van der Waals surface area contributed by atoms with Gasteiger partial charge in [-0.05, 0) is 48.5 Å². The molecule has 0 radical (unpaired) electrons. The number of carbonyl (C=O) groups is 2. The fourth-order valence-electron chi connectivity index (χ4n) is 3.50. The van der Waals surface area contributed by atoms with Crippen LogP contribution in [0.3, 0.4) is 0 Å². The lowest BCUT2D eigenvalue weighted by Gasteiger charge is -2.13. The van der Waals surface area contributed by atoms with E-state index in [2.05, 4.69) is 0 Å². The molecule has 0 bridgehead atoms. The van der Waals surface area contributed by atoms with Crippen LogP contribution in [0.2, 0.25) is 0 Å². The molecule has 0 unspecified atom stereocenters. The maximum Gasteiger partial charge on any atom is 0.416 e. The minimum Gasteiger partial charge on any atom is -0.449 e. The van der Waals surface area contributed by atoms with Crippen molar-refractivity contribution in [3.05, 3.63) is 104 Å². The maximum atomic E-state index is 13.0. The van der Waals surface area contributed by atoms with E-state index >= 15 is 0 Å². The van der Waals surface area contributed by atoms with Crippen LogP contribution in [0.25, 0.3) is 6.08 Å². The van der Waals surface area contributed by atoms with Crippen LogP contribution in [-0.4, -0.2) is 21.0 Å². The number of alkyl halides is 3. The van der Waals surface area contributed by atoms with Crippen LogP contribution < -0.4 is 4.74 Å². The quantitative estimate of drug-likeness (QED) is 0.201. The number of amides is 2. The van der Waals surface area contributed by atoms with Crippen LogP contribution in [0.1, 0.15) is 22.3 Å². The van der Waals surface area contributed by atoms with Gasteiger partial charge in [-0.25, -0.2) is 0 Å². The van der Waals surface area contributed by atoms with Crippen molar-refractivity contribution < 1.29 is 32.4 Å². The van der Waals surface area contributed by atoms with Gasteiger partial charge in [0.1, 0.15) is 5.75 Å². The fraction of sp³-hybridized carbons (Fsp3) is 0.120. The molecule has 1 fully saturated rings. The molecule has 2 amide bonds. The maximum absolute atomic E-state index is 13.0. The van der Waals surface area contributed by atoms with Gasteiger partial charge in [-0.2, -0.15) is 13.2 Å². The second-order valence-corrected chi connectivity index (χ2v) is 8.83. The number of rotatable bonds is 6. The summed E-state index contributed by atoms with van der Waals surface area (Å²) in [4.78, 5) is 37.1. The Labute approximate surface area is 207 Å². The zero-order valence-corrected chi connectivity index (χ0v) is 19.4. The van der Waals surface area contributed by atoms with Gasteiger partial charge in [0.15, 0.2) is 0 Å². The molecule has 1 saturated heterocycles. The molecule has 1 aliphatic heterocycles. The lowest BCUT2D eigenvalue weighted by Crippen LogP contribution is -2.27. The molecule has 11 heteroatoms. The third-order valence-corrected chi connectivity index (χ3v) is 6.11. The number of hydrogen-bond acceptors (Lipinski definition) is 6. The standard InChI is InChI=1S/C25H17F3N2O5S/c1-15-5-4-6-16(11-15)14-29-23(31)22(36-24(29)32)12-17-7-2-3-8-20(17)35-21-10-9-18(25(26,27)28)13-19(21)30(33)34/h2-13H,14H2,1H3/b22-12-. The number of thioether (sulfide) groups is 1. The average Bonchev–Trinajstić information content (AvgIpc) is 3.07. The van der Waals surface area contributed by atoms with E-state index in [0.717, 1.165) is 33.9 Å². The Hall–Kier alpha value is -4.12. The SMILES string of the molecule is Cc1cccc(CN2C(=O)S/C(=C\c3ccccc3Oc3ccc(C(F)(F)F)cc3[N+](=O)[O-])C2=O)c1. The van der Waals surface area contributed by atoms with Gasteiger partial charge in [-0.15, -0.1) is 0 Å². The van der Waals surface area contributed by atoms with E-state index in [1.807, 2.05) is 25.1 Å². The monoisotopic (exact) mass is 514 g/mol. The van der Waals surface area contributed by atoms with Crippen LogP contribution in [0.4, 0.5) is 23.7 Å². The number of halogens is 3. The third kappa shape index (κ3) is 5.41. The molecule has 0 spiro atoms. The summed E-state index contributed by atoms with van der Waals surface area (Å²) in [5.41, 5.74) is 0.0401. The molecule has 0 aliphatic carbocycles. The van der Waals surface area contributed by atoms with Gasteiger partial charge in [0.05, 0.1) is 21.9 Å². The summed E-state index contributed by atoms with van der Waals surface area (Å²) >= 11 is 0.738. The fourth-order valence-corrected chi connectivity index (χ4v) is 4.33. The van der Waals surface area contributed by atoms with Crippen molar-refractivity contribution >= 4 is 34.7 Å². The molecule has 4 rings (SSSR count). The average molecular weight is 514 g/mol. The van der Waals surface area contributed by atoms with Crippen LogP contribution in [0.15, 0.2) is 71.6 Å². The third-order valence-electron chi connectivity index (χ3n) is 5.21. The van der Waals surface area contributed by atoms with Crippen molar-refractivity contribution in [1.82, 2.24) is 4.90 Å². The van der Waals surface area contributed by atoms with Crippen molar-refractivity contribution in [3.8, 4) is 11.5 Å². The Morgan fingerprint density at radius 2 is 1.78 bits per heavy atom. The number of nitrogens with zero attached hydrogens (tertiary/aromatic N) is 2.